The van der Waals surface area contributed by atoms with Gasteiger partial charge in [-0.2, -0.15) is 0 Å². The second kappa shape index (κ2) is 9.43. The molecular formula is C18H19N3O4S2. The third-order valence-corrected chi connectivity index (χ3v) is 5.34. The van der Waals surface area contributed by atoms with Gasteiger partial charge < -0.3 is 19.2 Å². The molecule has 0 aromatic carbocycles. The molecule has 142 valence electrons. The number of hydrogen-bond acceptors (Lipinski definition) is 7. The highest BCUT2D eigenvalue weighted by atomic mass is 32.2. The lowest BCUT2D eigenvalue weighted by Crippen LogP contribution is -2.31. The van der Waals surface area contributed by atoms with E-state index < -0.39 is 0 Å². The molecule has 3 heterocycles. The quantitative estimate of drug-likeness (QED) is 0.586. The van der Waals surface area contributed by atoms with E-state index in [9.17, 15) is 9.59 Å². The summed E-state index contributed by atoms with van der Waals surface area (Å²) in [5, 5.41) is 8.33. The van der Waals surface area contributed by atoms with Gasteiger partial charge in [0.25, 0.3) is 0 Å². The zero-order chi connectivity index (χ0) is 19.1. The number of carbonyl (C=O) groups is 2. The number of anilines is 1. The average molecular weight is 406 g/mol. The fourth-order valence-electron chi connectivity index (χ4n) is 2.34. The smallest absolute Gasteiger partial charge is 0.235 e. The standard InChI is InChI=1S/C18H19N3O4S2/c1-13-8-16(20-25-13)19-17(22)11-26-12-18(23)21(9-14-4-2-6-24-14)10-15-5-3-7-27-15/h2-8H,9-12H2,1H3,(H,19,20,22). The highest BCUT2D eigenvalue weighted by Crippen LogP contribution is 2.16. The second-order valence-electron chi connectivity index (χ2n) is 5.77. The zero-order valence-electron chi connectivity index (χ0n) is 14.7. The predicted octanol–water partition coefficient (Wildman–Crippen LogP) is 3.54. The lowest BCUT2D eigenvalue weighted by Gasteiger charge is -2.21. The Hall–Kier alpha value is -2.52. The van der Waals surface area contributed by atoms with Crippen LogP contribution in [0.25, 0.3) is 0 Å². The molecule has 1 N–H and O–H groups in total. The zero-order valence-corrected chi connectivity index (χ0v) is 16.3. The molecule has 0 saturated carbocycles. The Morgan fingerprint density at radius 1 is 1.26 bits per heavy atom. The minimum absolute atomic E-state index is 0.0464. The van der Waals surface area contributed by atoms with E-state index in [1.165, 1.54) is 11.8 Å². The van der Waals surface area contributed by atoms with Crippen LogP contribution in [0.2, 0.25) is 0 Å². The van der Waals surface area contributed by atoms with E-state index in [-0.39, 0.29) is 23.3 Å². The van der Waals surface area contributed by atoms with Gasteiger partial charge in [-0.1, -0.05) is 11.2 Å². The molecule has 3 aromatic heterocycles. The molecule has 2 amide bonds. The largest absolute Gasteiger partial charge is 0.467 e. The number of nitrogens with one attached hydrogen (secondary N) is 1. The lowest BCUT2D eigenvalue weighted by atomic mass is 10.3. The maximum Gasteiger partial charge on any atom is 0.235 e. The van der Waals surface area contributed by atoms with Crippen molar-refractivity contribution < 1.29 is 18.5 Å². The molecular weight excluding hydrogens is 386 g/mol. The molecule has 0 unspecified atom stereocenters. The van der Waals surface area contributed by atoms with Crippen molar-refractivity contribution in [1.82, 2.24) is 10.1 Å². The number of thioether (sulfide) groups is 1. The number of thiophene rings is 1. The Morgan fingerprint density at radius 2 is 2.15 bits per heavy atom. The predicted molar refractivity (Wildman–Crippen MR) is 104 cm³/mol. The van der Waals surface area contributed by atoms with Gasteiger partial charge in [-0.3, -0.25) is 9.59 Å². The summed E-state index contributed by atoms with van der Waals surface area (Å²) in [5.74, 6) is 1.82. The van der Waals surface area contributed by atoms with Gasteiger partial charge in [-0.15, -0.1) is 23.1 Å². The van der Waals surface area contributed by atoms with Crippen LogP contribution in [-0.2, 0) is 22.7 Å². The summed E-state index contributed by atoms with van der Waals surface area (Å²) in [6.45, 7) is 2.66. The third kappa shape index (κ3) is 6.00. The van der Waals surface area contributed by atoms with Crippen molar-refractivity contribution in [2.24, 2.45) is 0 Å². The summed E-state index contributed by atoms with van der Waals surface area (Å²) in [4.78, 5) is 27.4. The van der Waals surface area contributed by atoms with Crippen molar-refractivity contribution in [3.8, 4) is 0 Å². The molecule has 0 fully saturated rings. The first-order valence-corrected chi connectivity index (χ1v) is 10.3. The van der Waals surface area contributed by atoms with E-state index in [4.69, 9.17) is 8.94 Å². The van der Waals surface area contributed by atoms with Crippen LogP contribution in [0.4, 0.5) is 5.82 Å². The molecule has 0 aliphatic rings. The van der Waals surface area contributed by atoms with Crippen molar-refractivity contribution >= 4 is 40.7 Å². The van der Waals surface area contributed by atoms with Crippen LogP contribution in [-0.4, -0.2) is 33.4 Å². The summed E-state index contributed by atoms with van der Waals surface area (Å²) >= 11 is 2.86. The van der Waals surface area contributed by atoms with Crippen molar-refractivity contribution in [3.63, 3.8) is 0 Å². The van der Waals surface area contributed by atoms with E-state index >= 15 is 0 Å². The molecule has 3 aromatic rings. The van der Waals surface area contributed by atoms with Gasteiger partial charge in [0.15, 0.2) is 5.82 Å². The van der Waals surface area contributed by atoms with E-state index in [0.29, 0.717) is 24.7 Å². The number of rotatable bonds is 9. The highest BCUT2D eigenvalue weighted by molar-refractivity contribution is 8.00. The number of hydrogen-bond donors (Lipinski definition) is 1. The maximum absolute atomic E-state index is 12.6. The first-order chi connectivity index (χ1) is 13.1. The van der Waals surface area contributed by atoms with Gasteiger partial charge in [0.1, 0.15) is 11.5 Å². The molecule has 0 radical (unpaired) electrons. The molecule has 0 aliphatic heterocycles. The monoisotopic (exact) mass is 405 g/mol. The summed E-state index contributed by atoms with van der Waals surface area (Å²) in [7, 11) is 0. The van der Waals surface area contributed by atoms with Gasteiger partial charge >= 0.3 is 0 Å². The van der Waals surface area contributed by atoms with E-state index in [1.54, 1.807) is 41.6 Å². The van der Waals surface area contributed by atoms with Crippen LogP contribution < -0.4 is 5.32 Å². The average Bonchev–Trinajstić information content (AvgIpc) is 3.38. The second-order valence-corrected chi connectivity index (χ2v) is 7.79. The SMILES string of the molecule is Cc1cc(NC(=O)CSCC(=O)N(Cc2ccco2)Cc2cccs2)no1. The number of amides is 2. The highest BCUT2D eigenvalue weighted by Gasteiger charge is 2.17. The van der Waals surface area contributed by atoms with E-state index in [0.717, 1.165) is 10.6 Å². The molecule has 0 spiro atoms. The molecule has 7 nitrogen and oxygen atoms in total. The van der Waals surface area contributed by atoms with Gasteiger partial charge in [0, 0.05) is 10.9 Å². The van der Waals surface area contributed by atoms with Gasteiger partial charge in [-0.25, -0.2) is 0 Å². The van der Waals surface area contributed by atoms with Crippen LogP contribution in [0.3, 0.4) is 0 Å². The van der Waals surface area contributed by atoms with Crippen molar-refractivity contribution in [2.75, 3.05) is 16.8 Å². The molecule has 0 aliphatic carbocycles. The number of aryl methyl sites for hydroxylation is 1. The maximum atomic E-state index is 12.6. The first kappa shape index (κ1) is 19.2. The number of furan rings is 1. The summed E-state index contributed by atoms with van der Waals surface area (Å²) < 4.78 is 10.3. The summed E-state index contributed by atoms with van der Waals surface area (Å²) in [6, 6.07) is 9.23. The lowest BCUT2D eigenvalue weighted by molar-refractivity contribution is -0.129. The van der Waals surface area contributed by atoms with Crippen molar-refractivity contribution in [2.45, 2.75) is 20.0 Å². The van der Waals surface area contributed by atoms with E-state index in [1.807, 2.05) is 23.6 Å². The van der Waals surface area contributed by atoms with Gasteiger partial charge in [0.2, 0.25) is 11.8 Å². The topological polar surface area (TPSA) is 88.6 Å². The number of aromatic nitrogens is 1. The molecule has 0 saturated heterocycles. The third-order valence-electron chi connectivity index (χ3n) is 3.56. The number of carbonyl (C=O) groups excluding carboxylic acids is 2. The molecule has 3 rings (SSSR count). The Bertz CT molecular complexity index is 823. The minimum atomic E-state index is -0.225. The Labute approximate surface area is 164 Å². The molecule has 0 bridgehead atoms. The fourth-order valence-corrected chi connectivity index (χ4v) is 3.78. The summed E-state index contributed by atoms with van der Waals surface area (Å²) in [5.41, 5.74) is 0. The Kier molecular flexibility index (Phi) is 6.72. The van der Waals surface area contributed by atoms with Crippen molar-refractivity contribution in [3.05, 3.63) is 58.4 Å². The molecule has 0 atom stereocenters. The molecule has 27 heavy (non-hydrogen) atoms. The minimum Gasteiger partial charge on any atom is -0.467 e. The molecule has 9 heteroatoms. The van der Waals surface area contributed by atoms with E-state index in [2.05, 4.69) is 10.5 Å². The van der Waals surface area contributed by atoms with Gasteiger partial charge in [-0.05, 0) is 30.5 Å². The van der Waals surface area contributed by atoms with Crippen LogP contribution in [0, 0.1) is 6.92 Å². The van der Waals surface area contributed by atoms with Crippen LogP contribution >= 0.6 is 23.1 Å². The number of nitrogens with zero attached hydrogens (tertiary/aromatic N) is 2. The summed E-state index contributed by atoms with van der Waals surface area (Å²) in [6.07, 6.45) is 1.59. The Morgan fingerprint density at radius 3 is 2.81 bits per heavy atom. The van der Waals surface area contributed by atoms with Crippen LogP contribution in [0.1, 0.15) is 16.4 Å². The normalized spacial score (nSPS) is 10.7. The fraction of sp³-hybridized carbons (Fsp3) is 0.278. The Balaban J connectivity index is 1.50. The first-order valence-electron chi connectivity index (χ1n) is 8.23. The van der Waals surface area contributed by atoms with Gasteiger partial charge in [0.05, 0.1) is 30.9 Å². The van der Waals surface area contributed by atoms with Crippen LogP contribution in [0.5, 0.6) is 0 Å². The van der Waals surface area contributed by atoms with Crippen LogP contribution in [0.15, 0.2) is 50.9 Å². The van der Waals surface area contributed by atoms with Crippen molar-refractivity contribution in [1.29, 1.82) is 0 Å².